The Balaban J connectivity index is 2.14. The topological polar surface area (TPSA) is 29.3 Å². The fraction of sp³-hybridized carbons (Fsp3) is 1.00. The lowest BCUT2D eigenvalue weighted by atomic mass is 9.90. The van der Waals surface area contributed by atoms with Gasteiger partial charge in [-0.05, 0) is 52.1 Å². The second-order valence-corrected chi connectivity index (χ2v) is 5.93. The van der Waals surface area contributed by atoms with E-state index in [1.54, 1.807) is 0 Å². The second kappa shape index (κ2) is 8.10. The number of nitrogens with two attached hydrogens (primary N) is 1. The molecule has 2 atom stereocenters. The highest BCUT2D eigenvalue weighted by Crippen LogP contribution is 2.22. The van der Waals surface area contributed by atoms with E-state index in [4.69, 9.17) is 5.73 Å². The summed E-state index contributed by atoms with van der Waals surface area (Å²) in [5.74, 6) is 0.763. The highest BCUT2D eigenvalue weighted by Gasteiger charge is 2.24. The minimum atomic E-state index is 0.386. The van der Waals surface area contributed by atoms with Crippen LogP contribution in [-0.2, 0) is 0 Å². The quantitative estimate of drug-likeness (QED) is 0.691. The SMILES string of the molecule is CCCCCCC(C)N1CCC(C(C)N)CC1. The Bertz CT molecular complexity index is 183. The molecule has 0 radical (unpaired) electrons. The zero-order chi connectivity index (χ0) is 12.7. The van der Waals surface area contributed by atoms with Gasteiger partial charge >= 0.3 is 0 Å². The van der Waals surface area contributed by atoms with Crippen molar-refractivity contribution >= 4 is 0 Å². The molecule has 1 aliphatic rings. The van der Waals surface area contributed by atoms with Crippen LogP contribution in [0.1, 0.15) is 65.7 Å². The van der Waals surface area contributed by atoms with E-state index < -0.39 is 0 Å². The van der Waals surface area contributed by atoms with E-state index in [1.807, 2.05) is 0 Å². The lowest BCUT2D eigenvalue weighted by Crippen LogP contribution is -2.43. The summed E-state index contributed by atoms with van der Waals surface area (Å²) in [6, 6.07) is 1.16. The van der Waals surface area contributed by atoms with Gasteiger partial charge in [-0.2, -0.15) is 0 Å². The number of nitrogens with zero attached hydrogens (tertiary/aromatic N) is 1. The maximum Gasteiger partial charge on any atom is 0.00669 e. The molecule has 2 unspecified atom stereocenters. The van der Waals surface area contributed by atoms with Gasteiger partial charge in [-0.15, -0.1) is 0 Å². The van der Waals surface area contributed by atoms with Crippen molar-refractivity contribution in [3.63, 3.8) is 0 Å². The van der Waals surface area contributed by atoms with Crippen molar-refractivity contribution in [3.8, 4) is 0 Å². The molecule has 1 saturated heterocycles. The number of piperidine rings is 1. The third-order valence-corrected chi connectivity index (χ3v) is 4.42. The Morgan fingerprint density at radius 3 is 2.29 bits per heavy atom. The summed E-state index contributed by atoms with van der Waals surface area (Å²) in [5.41, 5.74) is 5.98. The summed E-state index contributed by atoms with van der Waals surface area (Å²) in [6.07, 6.45) is 9.55. The Morgan fingerprint density at radius 1 is 1.12 bits per heavy atom. The lowest BCUT2D eigenvalue weighted by molar-refractivity contribution is 0.126. The first-order chi connectivity index (χ1) is 8.15. The lowest BCUT2D eigenvalue weighted by Gasteiger charge is -2.37. The maximum absolute atomic E-state index is 5.98. The Hall–Kier alpha value is -0.0800. The van der Waals surface area contributed by atoms with Crippen molar-refractivity contribution in [2.75, 3.05) is 13.1 Å². The molecule has 0 aromatic carbocycles. The summed E-state index contributed by atoms with van der Waals surface area (Å²) < 4.78 is 0. The molecule has 0 aromatic heterocycles. The first-order valence-corrected chi connectivity index (χ1v) is 7.64. The molecule has 0 aliphatic carbocycles. The second-order valence-electron chi connectivity index (χ2n) is 5.93. The molecule has 0 bridgehead atoms. The molecule has 1 aliphatic heterocycles. The van der Waals surface area contributed by atoms with Crippen molar-refractivity contribution in [2.45, 2.75) is 77.8 Å². The van der Waals surface area contributed by atoms with Crippen LogP contribution in [0.3, 0.4) is 0 Å². The van der Waals surface area contributed by atoms with Crippen molar-refractivity contribution in [3.05, 3.63) is 0 Å². The molecule has 2 N–H and O–H groups in total. The molecule has 1 rings (SSSR count). The summed E-state index contributed by atoms with van der Waals surface area (Å²) >= 11 is 0. The van der Waals surface area contributed by atoms with Gasteiger partial charge in [-0.1, -0.05) is 32.6 Å². The molecular weight excluding hydrogens is 208 g/mol. The summed E-state index contributed by atoms with van der Waals surface area (Å²) in [5, 5.41) is 0. The van der Waals surface area contributed by atoms with Crippen LogP contribution in [0.5, 0.6) is 0 Å². The van der Waals surface area contributed by atoms with Crippen LogP contribution in [0.15, 0.2) is 0 Å². The molecule has 0 aromatic rings. The van der Waals surface area contributed by atoms with Crippen molar-refractivity contribution in [2.24, 2.45) is 11.7 Å². The van der Waals surface area contributed by atoms with Crippen molar-refractivity contribution in [1.29, 1.82) is 0 Å². The zero-order valence-electron chi connectivity index (χ0n) is 12.1. The van der Waals surface area contributed by atoms with Gasteiger partial charge in [0, 0.05) is 12.1 Å². The predicted molar refractivity (Wildman–Crippen MR) is 76.2 cm³/mol. The van der Waals surface area contributed by atoms with Crippen LogP contribution in [0, 0.1) is 5.92 Å². The Labute approximate surface area is 108 Å². The van der Waals surface area contributed by atoms with Crippen LogP contribution in [0.4, 0.5) is 0 Å². The van der Waals surface area contributed by atoms with Gasteiger partial charge in [-0.25, -0.2) is 0 Å². The van der Waals surface area contributed by atoms with E-state index in [2.05, 4.69) is 25.7 Å². The van der Waals surface area contributed by atoms with E-state index in [0.29, 0.717) is 6.04 Å². The first kappa shape index (κ1) is 15.0. The van der Waals surface area contributed by atoms with E-state index in [0.717, 1.165) is 12.0 Å². The number of likely N-dealkylation sites (tertiary alicyclic amines) is 1. The maximum atomic E-state index is 5.98. The van der Waals surface area contributed by atoms with Crippen LogP contribution < -0.4 is 5.73 Å². The number of hydrogen-bond acceptors (Lipinski definition) is 2. The summed E-state index contributed by atoms with van der Waals surface area (Å²) in [4.78, 5) is 2.67. The molecule has 17 heavy (non-hydrogen) atoms. The van der Waals surface area contributed by atoms with Crippen LogP contribution in [0.25, 0.3) is 0 Å². The highest BCUT2D eigenvalue weighted by molar-refractivity contribution is 4.80. The smallest absolute Gasteiger partial charge is 0.00669 e. The fourth-order valence-corrected chi connectivity index (χ4v) is 2.94. The zero-order valence-corrected chi connectivity index (χ0v) is 12.1. The van der Waals surface area contributed by atoms with Gasteiger partial charge in [0.1, 0.15) is 0 Å². The molecular formula is C15H32N2. The Kier molecular flexibility index (Phi) is 7.14. The minimum Gasteiger partial charge on any atom is -0.328 e. The number of rotatable bonds is 7. The van der Waals surface area contributed by atoms with Gasteiger partial charge in [0.05, 0.1) is 0 Å². The predicted octanol–water partition coefficient (Wildman–Crippen LogP) is 3.40. The average Bonchev–Trinajstić information content (AvgIpc) is 2.34. The monoisotopic (exact) mass is 240 g/mol. The van der Waals surface area contributed by atoms with Crippen LogP contribution >= 0.6 is 0 Å². The average molecular weight is 240 g/mol. The van der Waals surface area contributed by atoms with Gasteiger partial charge in [0.25, 0.3) is 0 Å². The number of unbranched alkanes of at least 4 members (excludes halogenated alkanes) is 3. The Morgan fingerprint density at radius 2 is 1.76 bits per heavy atom. The molecule has 2 heteroatoms. The molecule has 1 fully saturated rings. The molecule has 0 saturated carbocycles. The first-order valence-electron chi connectivity index (χ1n) is 7.64. The summed E-state index contributed by atoms with van der Waals surface area (Å²) in [6.45, 7) is 9.37. The molecule has 102 valence electrons. The largest absolute Gasteiger partial charge is 0.328 e. The van der Waals surface area contributed by atoms with E-state index in [1.165, 1.54) is 58.0 Å². The highest BCUT2D eigenvalue weighted by atomic mass is 15.2. The van der Waals surface area contributed by atoms with Crippen LogP contribution in [-0.4, -0.2) is 30.1 Å². The van der Waals surface area contributed by atoms with E-state index in [-0.39, 0.29) is 0 Å². The molecule has 0 amide bonds. The van der Waals surface area contributed by atoms with Gasteiger partial charge in [0.2, 0.25) is 0 Å². The van der Waals surface area contributed by atoms with Gasteiger partial charge < -0.3 is 10.6 Å². The summed E-state index contributed by atoms with van der Waals surface area (Å²) in [7, 11) is 0. The molecule has 0 spiro atoms. The third-order valence-electron chi connectivity index (χ3n) is 4.42. The minimum absolute atomic E-state index is 0.386. The fourth-order valence-electron chi connectivity index (χ4n) is 2.94. The van der Waals surface area contributed by atoms with Gasteiger partial charge in [0.15, 0.2) is 0 Å². The normalized spacial score (nSPS) is 22.6. The van der Waals surface area contributed by atoms with Crippen LogP contribution in [0.2, 0.25) is 0 Å². The van der Waals surface area contributed by atoms with E-state index in [9.17, 15) is 0 Å². The van der Waals surface area contributed by atoms with E-state index >= 15 is 0 Å². The van der Waals surface area contributed by atoms with Crippen molar-refractivity contribution < 1.29 is 0 Å². The standard InChI is InChI=1S/C15H32N2/c1-4-5-6-7-8-13(2)17-11-9-15(10-12-17)14(3)16/h13-15H,4-12,16H2,1-3H3. The molecule has 1 heterocycles. The molecule has 2 nitrogen and oxygen atoms in total. The number of hydrogen-bond donors (Lipinski definition) is 1. The third kappa shape index (κ3) is 5.39. The van der Waals surface area contributed by atoms with Crippen molar-refractivity contribution in [1.82, 2.24) is 4.90 Å². The van der Waals surface area contributed by atoms with Gasteiger partial charge in [-0.3, -0.25) is 0 Å².